The summed E-state index contributed by atoms with van der Waals surface area (Å²) in [6, 6.07) is 6.69. The molecule has 108 valence electrons. The number of fused-ring (bicyclic) bond motifs is 1. The predicted octanol–water partition coefficient (Wildman–Crippen LogP) is 4.08. The summed E-state index contributed by atoms with van der Waals surface area (Å²) in [6.45, 7) is 0. The van der Waals surface area contributed by atoms with Gasteiger partial charge in [0.05, 0.1) is 15.8 Å². The molecule has 0 aliphatic rings. The second kappa shape index (κ2) is 4.88. The SMILES string of the molecule is Nc1nc2ccc(Oc3cc(C(F)(F)F)ccn3)cc2s1. The van der Waals surface area contributed by atoms with Crippen LogP contribution in [0.1, 0.15) is 5.56 Å². The summed E-state index contributed by atoms with van der Waals surface area (Å²) in [5.41, 5.74) is 5.49. The van der Waals surface area contributed by atoms with Crippen LogP contribution in [0, 0.1) is 0 Å². The van der Waals surface area contributed by atoms with Crippen LogP contribution < -0.4 is 10.5 Å². The highest BCUT2D eigenvalue weighted by Gasteiger charge is 2.31. The molecule has 1 aromatic carbocycles. The molecule has 0 bridgehead atoms. The first-order valence-corrected chi connectivity index (χ1v) is 6.61. The van der Waals surface area contributed by atoms with Gasteiger partial charge in [-0.25, -0.2) is 9.97 Å². The number of aromatic nitrogens is 2. The number of thiazole rings is 1. The molecule has 0 aliphatic carbocycles. The summed E-state index contributed by atoms with van der Waals surface area (Å²) in [6.07, 6.45) is -3.38. The Hall–Kier alpha value is -2.35. The number of ether oxygens (including phenoxy) is 1. The molecule has 0 saturated carbocycles. The Bertz CT molecular complexity index is 801. The number of alkyl halides is 3. The lowest BCUT2D eigenvalue weighted by atomic mass is 10.2. The van der Waals surface area contributed by atoms with E-state index in [1.165, 1.54) is 11.3 Å². The summed E-state index contributed by atoms with van der Waals surface area (Å²) < 4.78 is 44.0. The van der Waals surface area contributed by atoms with E-state index >= 15 is 0 Å². The van der Waals surface area contributed by atoms with Crippen LogP contribution in [0.4, 0.5) is 18.3 Å². The zero-order chi connectivity index (χ0) is 15.0. The van der Waals surface area contributed by atoms with Crippen molar-refractivity contribution >= 4 is 26.7 Å². The molecular formula is C13H8F3N3OS. The minimum absolute atomic E-state index is 0.123. The van der Waals surface area contributed by atoms with Gasteiger partial charge in [-0.2, -0.15) is 13.2 Å². The molecule has 0 saturated heterocycles. The van der Waals surface area contributed by atoms with Gasteiger partial charge in [0.1, 0.15) is 5.75 Å². The molecule has 3 aromatic rings. The van der Waals surface area contributed by atoms with E-state index in [4.69, 9.17) is 10.5 Å². The molecule has 0 unspecified atom stereocenters. The standard InChI is InChI=1S/C13H8F3N3OS/c14-13(15,16)7-3-4-18-11(5-7)20-8-1-2-9-10(6-8)21-12(17)19-9/h1-6H,(H2,17,19). The topological polar surface area (TPSA) is 61.0 Å². The monoisotopic (exact) mass is 311 g/mol. The van der Waals surface area contributed by atoms with Gasteiger partial charge in [-0.15, -0.1) is 0 Å². The second-order valence-electron chi connectivity index (χ2n) is 4.16. The number of benzene rings is 1. The Morgan fingerprint density at radius 3 is 2.71 bits per heavy atom. The van der Waals surface area contributed by atoms with Gasteiger partial charge in [0.15, 0.2) is 5.13 Å². The minimum Gasteiger partial charge on any atom is -0.439 e. The van der Waals surface area contributed by atoms with Crippen molar-refractivity contribution in [2.24, 2.45) is 0 Å². The van der Waals surface area contributed by atoms with E-state index in [0.29, 0.717) is 16.4 Å². The highest BCUT2D eigenvalue weighted by molar-refractivity contribution is 7.22. The zero-order valence-corrected chi connectivity index (χ0v) is 11.2. The summed E-state index contributed by atoms with van der Waals surface area (Å²) in [5, 5.41) is 0.416. The normalized spacial score (nSPS) is 11.8. The number of hydrogen-bond donors (Lipinski definition) is 1. The van der Waals surface area contributed by atoms with E-state index < -0.39 is 11.7 Å². The fourth-order valence-electron chi connectivity index (χ4n) is 1.75. The molecule has 0 amide bonds. The van der Waals surface area contributed by atoms with Crippen molar-refractivity contribution in [1.82, 2.24) is 9.97 Å². The molecule has 8 heteroatoms. The summed E-state index contributed by atoms with van der Waals surface area (Å²) >= 11 is 1.27. The fourth-order valence-corrected chi connectivity index (χ4v) is 2.51. The molecule has 2 aromatic heterocycles. The first-order chi connectivity index (χ1) is 9.91. The molecule has 4 nitrogen and oxygen atoms in total. The Labute approximate surface area is 121 Å². The summed E-state index contributed by atoms with van der Waals surface area (Å²) in [4.78, 5) is 7.86. The number of rotatable bonds is 2. The number of anilines is 1. The third-order valence-electron chi connectivity index (χ3n) is 2.66. The molecule has 21 heavy (non-hydrogen) atoms. The molecule has 0 atom stereocenters. The van der Waals surface area contributed by atoms with Crippen molar-refractivity contribution in [3.05, 3.63) is 42.1 Å². The lowest BCUT2D eigenvalue weighted by Gasteiger charge is -2.08. The third kappa shape index (κ3) is 2.89. The van der Waals surface area contributed by atoms with Crippen LogP contribution in [0.5, 0.6) is 11.6 Å². The predicted molar refractivity (Wildman–Crippen MR) is 73.3 cm³/mol. The maximum Gasteiger partial charge on any atom is 0.416 e. The Morgan fingerprint density at radius 1 is 1.14 bits per heavy atom. The van der Waals surface area contributed by atoms with Gasteiger partial charge in [0.2, 0.25) is 5.88 Å². The van der Waals surface area contributed by atoms with Crippen molar-refractivity contribution in [3.8, 4) is 11.6 Å². The molecule has 0 fully saturated rings. The minimum atomic E-state index is -4.43. The van der Waals surface area contributed by atoms with Crippen LogP contribution in [-0.2, 0) is 6.18 Å². The summed E-state index contributed by atoms with van der Waals surface area (Å²) in [5.74, 6) is 0.250. The fraction of sp³-hybridized carbons (Fsp3) is 0.0769. The Kier molecular flexibility index (Phi) is 3.17. The van der Waals surface area contributed by atoms with Crippen LogP contribution in [0.2, 0.25) is 0 Å². The van der Waals surface area contributed by atoms with Crippen LogP contribution in [0.15, 0.2) is 36.5 Å². The first-order valence-electron chi connectivity index (χ1n) is 5.79. The molecular weight excluding hydrogens is 303 g/mol. The molecule has 2 N–H and O–H groups in total. The van der Waals surface area contributed by atoms with Crippen molar-refractivity contribution in [1.29, 1.82) is 0 Å². The number of pyridine rings is 1. The van der Waals surface area contributed by atoms with Crippen molar-refractivity contribution in [3.63, 3.8) is 0 Å². The van der Waals surface area contributed by atoms with E-state index in [0.717, 1.165) is 23.0 Å². The van der Waals surface area contributed by atoms with Gasteiger partial charge in [-0.05, 0) is 18.2 Å². The highest BCUT2D eigenvalue weighted by atomic mass is 32.1. The smallest absolute Gasteiger partial charge is 0.416 e. The maximum absolute atomic E-state index is 12.6. The van der Waals surface area contributed by atoms with E-state index in [2.05, 4.69) is 9.97 Å². The second-order valence-corrected chi connectivity index (χ2v) is 5.23. The molecule has 0 aliphatic heterocycles. The molecule has 3 rings (SSSR count). The van der Waals surface area contributed by atoms with Crippen LogP contribution in [-0.4, -0.2) is 9.97 Å². The van der Waals surface area contributed by atoms with Gasteiger partial charge in [0.25, 0.3) is 0 Å². The highest BCUT2D eigenvalue weighted by Crippen LogP contribution is 2.33. The number of nitrogen functional groups attached to an aromatic ring is 1. The van der Waals surface area contributed by atoms with Crippen LogP contribution in [0.25, 0.3) is 10.2 Å². The lowest BCUT2D eigenvalue weighted by molar-refractivity contribution is -0.137. The van der Waals surface area contributed by atoms with Gasteiger partial charge in [-0.1, -0.05) is 11.3 Å². The lowest BCUT2D eigenvalue weighted by Crippen LogP contribution is -2.05. The molecule has 0 radical (unpaired) electrons. The van der Waals surface area contributed by atoms with E-state index in [-0.39, 0.29) is 5.88 Å². The van der Waals surface area contributed by atoms with Crippen molar-refractivity contribution < 1.29 is 17.9 Å². The first kappa shape index (κ1) is 13.6. The average molecular weight is 311 g/mol. The van der Waals surface area contributed by atoms with E-state index in [9.17, 15) is 13.2 Å². The number of nitrogens with two attached hydrogens (primary N) is 1. The van der Waals surface area contributed by atoms with Crippen molar-refractivity contribution in [2.75, 3.05) is 5.73 Å². The zero-order valence-electron chi connectivity index (χ0n) is 10.4. The molecule has 2 heterocycles. The third-order valence-corrected chi connectivity index (χ3v) is 3.51. The summed E-state index contributed by atoms with van der Waals surface area (Å²) in [7, 11) is 0. The van der Waals surface area contributed by atoms with Gasteiger partial charge in [0, 0.05) is 18.3 Å². The average Bonchev–Trinajstić information content (AvgIpc) is 2.77. The van der Waals surface area contributed by atoms with Gasteiger partial charge in [-0.3, -0.25) is 0 Å². The van der Waals surface area contributed by atoms with Crippen LogP contribution in [0.3, 0.4) is 0 Å². The Balaban J connectivity index is 1.91. The number of halogens is 3. The quantitative estimate of drug-likeness (QED) is 0.774. The number of hydrogen-bond acceptors (Lipinski definition) is 5. The maximum atomic E-state index is 12.6. The van der Waals surface area contributed by atoms with Crippen molar-refractivity contribution in [2.45, 2.75) is 6.18 Å². The van der Waals surface area contributed by atoms with E-state index in [1.54, 1.807) is 18.2 Å². The molecule has 0 spiro atoms. The van der Waals surface area contributed by atoms with Gasteiger partial charge >= 0.3 is 6.18 Å². The van der Waals surface area contributed by atoms with Gasteiger partial charge < -0.3 is 10.5 Å². The largest absolute Gasteiger partial charge is 0.439 e. The number of nitrogens with zero attached hydrogens (tertiary/aromatic N) is 2. The van der Waals surface area contributed by atoms with E-state index in [1.807, 2.05) is 0 Å². The van der Waals surface area contributed by atoms with Crippen LogP contribution >= 0.6 is 11.3 Å². The Morgan fingerprint density at radius 2 is 1.95 bits per heavy atom.